The van der Waals surface area contributed by atoms with Crippen LogP contribution in [0.5, 0.6) is 0 Å². The number of epoxide rings is 1. The number of hydrogen-bond acceptors (Lipinski definition) is 2. The maximum Gasteiger partial charge on any atom is 0.128 e. The first-order valence-electron chi connectivity index (χ1n) is 6.79. The van der Waals surface area contributed by atoms with Crippen molar-refractivity contribution in [2.24, 2.45) is 0 Å². The summed E-state index contributed by atoms with van der Waals surface area (Å²) in [5.41, 5.74) is -0.323. The van der Waals surface area contributed by atoms with Crippen LogP contribution >= 0.6 is 0 Å². The zero-order valence-electron chi connectivity index (χ0n) is 10.6. The van der Waals surface area contributed by atoms with E-state index in [1.807, 2.05) is 30.3 Å². The van der Waals surface area contributed by atoms with Gasteiger partial charge in [-0.25, -0.2) is 0 Å². The second-order valence-corrected chi connectivity index (χ2v) is 5.46. The molecular formula is C16H20O2. The van der Waals surface area contributed by atoms with Crippen LogP contribution in [0.2, 0.25) is 0 Å². The maximum absolute atomic E-state index is 11.2. The molecule has 0 spiro atoms. The monoisotopic (exact) mass is 244 g/mol. The van der Waals surface area contributed by atoms with Gasteiger partial charge in [-0.15, -0.1) is 6.58 Å². The molecule has 1 aromatic rings. The van der Waals surface area contributed by atoms with E-state index in [4.69, 9.17) is 4.74 Å². The van der Waals surface area contributed by atoms with E-state index in [1.54, 1.807) is 6.08 Å². The van der Waals surface area contributed by atoms with Crippen LogP contribution in [0.15, 0.2) is 43.0 Å². The summed E-state index contributed by atoms with van der Waals surface area (Å²) in [6.45, 7) is 3.80. The third-order valence-electron chi connectivity index (χ3n) is 4.47. The van der Waals surface area contributed by atoms with E-state index >= 15 is 0 Å². The van der Waals surface area contributed by atoms with Gasteiger partial charge >= 0.3 is 0 Å². The fraction of sp³-hybridized carbons (Fsp3) is 0.500. The molecular weight excluding hydrogens is 224 g/mol. The molecule has 1 aromatic carbocycles. The molecule has 18 heavy (non-hydrogen) atoms. The van der Waals surface area contributed by atoms with Gasteiger partial charge in [-0.1, -0.05) is 49.2 Å². The summed E-state index contributed by atoms with van der Waals surface area (Å²) in [6, 6.07) is 9.90. The Morgan fingerprint density at radius 3 is 2.83 bits per heavy atom. The summed E-state index contributed by atoms with van der Waals surface area (Å²) >= 11 is 0. The lowest BCUT2D eigenvalue weighted by Gasteiger charge is -2.36. The second kappa shape index (κ2) is 4.22. The van der Waals surface area contributed by atoms with Crippen molar-refractivity contribution < 1.29 is 9.84 Å². The van der Waals surface area contributed by atoms with Crippen molar-refractivity contribution in [3.05, 3.63) is 48.6 Å². The minimum Gasteiger partial charge on any atom is -0.382 e. The minimum absolute atomic E-state index is 0.233. The molecule has 0 bridgehead atoms. The van der Waals surface area contributed by atoms with Crippen LogP contribution in [-0.4, -0.2) is 16.8 Å². The van der Waals surface area contributed by atoms with Crippen molar-refractivity contribution in [2.75, 3.05) is 0 Å². The predicted molar refractivity (Wildman–Crippen MR) is 71.2 cm³/mol. The summed E-state index contributed by atoms with van der Waals surface area (Å²) in [5, 5.41) is 11.2. The zero-order chi connectivity index (χ0) is 12.6. The van der Waals surface area contributed by atoms with E-state index < -0.39 is 5.60 Å². The summed E-state index contributed by atoms with van der Waals surface area (Å²) in [7, 11) is 0. The average Bonchev–Trinajstić information content (AvgIpc) is 3.16. The van der Waals surface area contributed by atoms with E-state index in [1.165, 1.54) is 6.42 Å². The minimum atomic E-state index is -0.916. The molecule has 0 amide bonds. The smallest absolute Gasteiger partial charge is 0.128 e. The Kier molecular flexibility index (Phi) is 2.80. The highest BCUT2D eigenvalue weighted by Gasteiger charge is 2.68. The van der Waals surface area contributed by atoms with E-state index in [0.717, 1.165) is 24.8 Å². The number of benzene rings is 1. The number of aliphatic hydroxyl groups is 1. The van der Waals surface area contributed by atoms with Crippen molar-refractivity contribution in [2.45, 2.75) is 49.4 Å². The van der Waals surface area contributed by atoms with Crippen molar-refractivity contribution >= 4 is 0 Å². The van der Waals surface area contributed by atoms with Crippen molar-refractivity contribution in [1.29, 1.82) is 0 Å². The standard InChI is InChI=1S/C16H20O2/c1-2-11-15(17,13-8-4-3-5-9-13)16-12-7-6-10-14(16)18-16/h2-5,8-9,14,17H,1,6-7,10-12H2/t14-,15?,16+/m0/s1. The molecule has 0 aromatic heterocycles. The summed E-state index contributed by atoms with van der Waals surface area (Å²) in [6.07, 6.45) is 6.97. The van der Waals surface area contributed by atoms with E-state index in [-0.39, 0.29) is 11.7 Å². The van der Waals surface area contributed by atoms with Gasteiger partial charge in [0.2, 0.25) is 0 Å². The molecule has 1 aliphatic heterocycles. The van der Waals surface area contributed by atoms with Gasteiger partial charge in [-0.3, -0.25) is 0 Å². The number of ether oxygens (including phenoxy) is 1. The van der Waals surface area contributed by atoms with Crippen LogP contribution in [0.3, 0.4) is 0 Å². The molecule has 3 atom stereocenters. The van der Waals surface area contributed by atoms with Gasteiger partial charge in [0.25, 0.3) is 0 Å². The first kappa shape index (κ1) is 11.9. The Bertz CT molecular complexity index is 442. The zero-order valence-corrected chi connectivity index (χ0v) is 10.6. The summed E-state index contributed by atoms with van der Waals surface area (Å²) in [4.78, 5) is 0. The topological polar surface area (TPSA) is 32.8 Å². The van der Waals surface area contributed by atoms with Crippen LogP contribution in [0.1, 0.15) is 37.7 Å². The lowest BCUT2D eigenvalue weighted by atomic mass is 9.71. The first-order valence-corrected chi connectivity index (χ1v) is 6.79. The fourth-order valence-electron chi connectivity index (χ4n) is 3.48. The SMILES string of the molecule is C=CCC(O)(c1ccccc1)[C@@]12CCCC[C@@H]1O2. The van der Waals surface area contributed by atoms with Crippen LogP contribution < -0.4 is 0 Å². The normalized spacial score (nSPS) is 33.3. The van der Waals surface area contributed by atoms with E-state index in [2.05, 4.69) is 6.58 Å². The maximum atomic E-state index is 11.2. The molecule has 2 fully saturated rings. The Morgan fingerprint density at radius 1 is 1.39 bits per heavy atom. The van der Waals surface area contributed by atoms with E-state index in [9.17, 15) is 5.11 Å². The van der Waals surface area contributed by atoms with Crippen molar-refractivity contribution in [1.82, 2.24) is 0 Å². The highest BCUT2D eigenvalue weighted by molar-refractivity contribution is 5.32. The van der Waals surface area contributed by atoms with Gasteiger partial charge in [-0.2, -0.15) is 0 Å². The van der Waals surface area contributed by atoms with Crippen molar-refractivity contribution in [3.8, 4) is 0 Å². The summed E-state index contributed by atoms with van der Waals surface area (Å²) in [5.74, 6) is 0. The Hall–Kier alpha value is -1.12. The lowest BCUT2D eigenvalue weighted by Crippen LogP contribution is -2.45. The predicted octanol–water partition coefficient (Wildman–Crippen LogP) is 3.16. The average molecular weight is 244 g/mol. The van der Waals surface area contributed by atoms with Crippen molar-refractivity contribution in [3.63, 3.8) is 0 Å². The molecule has 1 unspecified atom stereocenters. The molecule has 2 heteroatoms. The van der Waals surface area contributed by atoms with Gasteiger partial charge in [-0.05, 0) is 18.4 Å². The molecule has 0 radical (unpaired) electrons. The highest BCUT2D eigenvalue weighted by atomic mass is 16.6. The molecule has 1 aliphatic carbocycles. The molecule has 96 valence electrons. The number of hydrogen-bond donors (Lipinski definition) is 1. The quantitative estimate of drug-likeness (QED) is 0.652. The Balaban J connectivity index is 1.99. The largest absolute Gasteiger partial charge is 0.382 e. The molecule has 2 nitrogen and oxygen atoms in total. The van der Waals surface area contributed by atoms with Gasteiger partial charge in [0.05, 0.1) is 6.10 Å². The van der Waals surface area contributed by atoms with Gasteiger partial charge in [0, 0.05) is 6.42 Å². The Labute approximate surface area is 108 Å². The first-order chi connectivity index (χ1) is 8.73. The third kappa shape index (κ3) is 1.56. The lowest BCUT2D eigenvalue weighted by molar-refractivity contribution is -0.0473. The molecule has 1 saturated heterocycles. The number of fused-ring (bicyclic) bond motifs is 1. The molecule has 2 aliphatic rings. The number of rotatable bonds is 4. The summed E-state index contributed by atoms with van der Waals surface area (Å²) < 4.78 is 5.94. The third-order valence-corrected chi connectivity index (χ3v) is 4.47. The van der Waals surface area contributed by atoms with Crippen LogP contribution in [0.25, 0.3) is 0 Å². The molecule has 1 saturated carbocycles. The van der Waals surface area contributed by atoms with Gasteiger partial charge in [0.15, 0.2) is 0 Å². The Morgan fingerprint density at radius 2 is 2.17 bits per heavy atom. The molecule has 3 rings (SSSR count). The van der Waals surface area contributed by atoms with Crippen LogP contribution in [-0.2, 0) is 10.3 Å². The van der Waals surface area contributed by atoms with Crippen LogP contribution in [0, 0.1) is 0 Å². The van der Waals surface area contributed by atoms with Gasteiger partial charge in [0.1, 0.15) is 11.2 Å². The van der Waals surface area contributed by atoms with Gasteiger partial charge < -0.3 is 9.84 Å². The fourth-order valence-corrected chi connectivity index (χ4v) is 3.48. The van der Waals surface area contributed by atoms with Crippen LogP contribution in [0.4, 0.5) is 0 Å². The molecule has 1 N–H and O–H groups in total. The second-order valence-electron chi connectivity index (χ2n) is 5.46. The highest BCUT2D eigenvalue weighted by Crippen LogP contribution is 2.59. The molecule has 1 heterocycles. The van der Waals surface area contributed by atoms with E-state index in [0.29, 0.717) is 6.42 Å².